The smallest absolute Gasteiger partial charge is 0.340 e. The molecule has 2 aliphatic rings. The molecule has 1 fully saturated rings. The maximum absolute atomic E-state index is 12.4. The summed E-state index contributed by atoms with van der Waals surface area (Å²) in [5, 5.41) is 13.4. The van der Waals surface area contributed by atoms with Gasteiger partial charge in [0.25, 0.3) is 0 Å². The lowest BCUT2D eigenvalue weighted by atomic mass is 10.3. The monoisotopic (exact) mass is 458 g/mol. The summed E-state index contributed by atoms with van der Waals surface area (Å²) in [5.41, 5.74) is 4.12. The van der Waals surface area contributed by atoms with Gasteiger partial charge in [-0.2, -0.15) is 9.98 Å². The number of piperazine rings is 1. The summed E-state index contributed by atoms with van der Waals surface area (Å²) in [4.78, 5) is 11.2. The largest absolute Gasteiger partial charge is 0.367 e. The van der Waals surface area contributed by atoms with Gasteiger partial charge in [0.1, 0.15) is 4.90 Å². The number of guanidine groups is 1. The first kappa shape index (κ1) is 22.0. The molecule has 11 nitrogen and oxygen atoms in total. The fourth-order valence-corrected chi connectivity index (χ4v) is 4.24. The highest BCUT2D eigenvalue weighted by Crippen LogP contribution is 2.33. The first-order chi connectivity index (χ1) is 15.4. The number of ether oxygens (including phenoxy) is 1. The van der Waals surface area contributed by atoms with E-state index in [4.69, 9.17) is 14.9 Å². The van der Waals surface area contributed by atoms with Crippen molar-refractivity contribution < 1.29 is 13.2 Å². The van der Waals surface area contributed by atoms with Crippen molar-refractivity contribution in [3.8, 4) is 0 Å². The predicted molar refractivity (Wildman–Crippen MR) is 124 cm³/mol. The zero-order chi connectivity index (χ0) is 22.6. The summed E-state index contributed by atoms with van der Waals surface area (Å²) < 4.78 is 30.6. The second-order valence-electron chi connectivity index (χ2n) is 7.18. The Kier molecular flexibility index (Phi) is 6.28. The summed E-state index contributed by atoms with van der Waals surface area (Å²) >= 11 is 0. The Bertz CT molecular complexity index is 1100. The maximum atomic E-state index is 12.4. The van der Waals surface area contributed by atoms with E-state index < -0.39 is 16.0 Å². The van der Waals surface area contributed by atoms with Gasteiger partial charge in [-0.25, -0.2) is 18.6 Å². The van der Waals surface area contributed by atoms with Gasteiger partial charge in [-0.15, -0.1) is 0 Å². The van der Waals surface area contributed by atoms with Crippen molar-refractivity contribution in [2.45, 2.75) is 10.9 Å². The molecule has 0 aliphatic carbocycles. The van der Waals surface area contributed by atoms with Crippen LogP contribution in [0.2, 0.25) is 0 Å². The molecule has 2 aromatic carbocycles. The molecule has 2 heterocycles. The van der Waals surface area contributed by atoms with Crippen molar-refractivity contribution in [1.29, 1.82) is 0 Å². The lowest BCUT2D eigenvalue weighted by Gasteiger charge is -2.41. The number of hydrogen-bond acceptors (Lipinski definition) is 10. The highest BCUT2D eigenvalue weighted by atomic mass is 32.2. The van der Waals surface area contributed by atoms with Crippen LogP contribution in [-0.2, 0) is 14.8 Å². The molecule has 12 heteroatoms. The van der Waals surface area contributed by atoms with Crippen LogP contribution in [0.1, 0.15) is 0 Å². The van der Waals surface area contributed by atoms with Gasteiger partial charge in [-0.1, -0.05) is 30.3 Å². The highest BCUT2D eigenvalue weighted by molar-refractivity contribution is 7.89. The summed E-state index contributed by atoms with van der Waals surface area (Å²) in [6.07, 6.45) is 1.49. The molecule has 2 aromatic rings. The molecular weight excluding hydrogens is 432 g/mol. The lowest BCUT2D eigenvalue weighted by molar-refractivity contribution is 0.00359. The van der Waals surface area contributed by atoms with E-state index >= 15 is 0 Å². The fraction of sp³-hybridized carbons (Fsp3) is 0.300. The van der Waals surface area contributed by atoms with E-state index in [2.05, 4.69) is 26.0 Å². The molecule has 0 aromatic heterocycles. The molecule has 0 radical (unpaired) electrons. The van der Waals surface area contributed by atoms with Crippen LogP contribution < -0.4 is 26.2 Å². The van der Waals surface area contributed by atoms with E-state index in [0.29, 0.717) is 11.6 Å². The molecule has 32 heavy (non-hydrogen) atoms. The Morgan fingerprint density at radius 2 is 1.81 bits per heavy atom. The number of anilines is 2. The number of methoxy groups -OCH3 is 1. The number of hydrogen-bond donors (Lipinski definition) is 4. The molecule has 0 amide bonds. The topological polar surface area (TPSA) is 137 Å². The van der Waals surface area contributed by atoms with Crippen LogP contribution in [0, 0.1) is 0 Å². The summed E-state index contributed by atoms with van der Waals surface area (Å²) in [6.45, 7) is 3.13. The van der Waals surface area contributed by atoms with E-state index in [1.165, 1.54) is 24.5 Å². The maximum Gasteiger partial charge on any atom is 0.367 e. The van der Waals surface area contributed by atoms with Crippen molar-refractivity contribution >= 4 is 33.7 Å². The average Bonchev–Trinajstić information content (AvgIpc) is 2.83. The second-order valence-corrected chi connectivity index (χ2v) is 8.71. The van der Waals surface area contributed by atoms with Crippen LogP contribution in [0.25, 0.3) is 0 Å². The van der Waals surface area contributed by atoms with Gasteiger partial charge in [0.05, 0.1) is 17.7 Å². The molecule has 0 saturated carbocycles. The number of aliphatic imine (C=N–C) groups is 2. The molecule has 5 N–H and O–H groups in total. The molecule has 4 rings (SSSR count). The fourth-order valence-electron chi connectivity index (χ4n) is 3.52. The van der Waals surface area contributed by atoms with E-state index in [9.17, 15) is 8.42 Å². The second kappa shape index (κ2) is 9.12. The van der Waals surface area contributed by atoms with Crippen molar-refractivity contribution in [3.63, 3.8) is 0 Å². The van der Waals surface area contributed by atoms with Gasteiger partial charge in [0.2, 0.25) is 16.0 Å². The minimum Gasteiger partial charge on any atom is -0.340 e. The van der Waals surface area contributed by atoms with Gasteiger partial charge < -0.3 is 20.3 Å². The molecule has 0 bridgehead atoms. The van der Waals surface area contributed by atoms with E-state index in [0.717, 1.165) is 26.2 Å². The highest BCUT2D eigenvalue weighted by Gasteiger charge is 2.42. The van der Waals surface area contributed by atoms with Crippen LogP contribution >= 0.6 is 0 Å². The molecular formula is C20H26N8O3S. The minimum atomic E-state index is -4.05. The summed E-state index contributed by atoms with van der Waals surface area (Å²) in [7, 11) is -2.59. The van der Waals surface area contributed by atoms with E-state index in [1.807, 2.05) is 30.3 Å². The van der Waals surface area contributed by atoms with Crippen LogP contribution in [-0.4, -0.2) is 64.9 Å². The van der Waals surface area contributed by atoms with Crippen molar-refractivity contribution in [1.82, 2.24) is 15.5 Å². The van der Waals surface area contributed by atoms with Gasteiger partial charge in [0, 0.05) is 33.3 Å². The Balaban J connectivity index is 1.84. The number of benzene rings is 2. The van der Waals surface area contributed by atoms with Crippen molar-refractivity contribution in [3.05, 3.63) is 54.6 Å². The van der Waals surface area contributed by atoms with Gasteiger partial charge >= 0.3 is 5.97 Å². The van der Waals surface area contributed by atoms with Crippen LogP contribution in [0.4, 0.5) is 11.4 Å². The van der Waals surface area contributed by atoms with Crippen molar-refractivity contribution in [2.24, 2.45) is 15.1 Å². The van der Waals surface area contributed by atoms with E-state index in [-0.39, 0.29) is 10.6 Å². The van der Waals surface area contributed by atoms with Crippen LogP contribution in [0.15, 0.2) is 69.5 Å². The molecule has 1 unspecified atom stereocenters. The van der Waals surface area contributed by atoms with Crippen LogP contribution in [0.3, 0.4) is 0 Å². The first-order valence-corrected chi connectivity index (χ1v) is 11.6. The average molecular weight is 459 g/mol. The minimum absolute atomic E-state index is 0.0903. The van der Waals surface area contributed by atoms with Gasteiger partial charge in [-0.05, 0) is 24.3 Å². The zero-order valence-electron chi connectivity index (χ0n) is 17.6. The third-order valence-corrected chi connectivity index (χ3v) is 6.05. The standard InChI is InChI=1S/C20H26N8O3S/c1-31-20(24-15-23-19(25-20)27-13-11-22-12-14-27)28(26-16-7-3-2-4-8-16)17-9-5-6-10-18(17)32(21,29)30/h2-10,15,22,26H,11-14H2,1H3,(H2,21,29,30)(H,23,24,25). The number of sulfonamides is 1. The Morgan fingerprint density at radius 3 is 2.50 bits per heavy atom. The summed E-state index contributed by atoms with van der Waals surface area (Å²) in [6, 6.07) is 15.6. The Hall–Kier alpha value is -3.19. The Labute approximate surface area is 187 Å². The number of hydrazine groups is 1. The SMILES string of the molecule is COC1(N(Nc2ccccc2)c2ccccc2S(N)(=O)=O)N=CNC(N2CCNCC2)=N1. The van der Waals surface area contributed by atoms with Gasteiger partial charge in [0.15, 0.2) is 0 Å². The molecule has 1 atom stereocenters. The normalized spacial score (nSPS) is 20.9. The number of rotatable bonds is 6. The molecule has 170 valence electrons. The first-order valence-electron chi connectivity index (χ1n) is 10.1. The quantitative estimate of drug-likeness (QED) is 0.359. The zero-order valence-corrected chi connectivity index (χ0v) is 18.4. The number of primary sulfonamides is 1. The third-order valence-electron chi connectivity index (χ3n) is 5.09. The number of para-hydroxylation sites is 2. The van der Waals surface area contributed by atoms with Gasteiger partial charge in [-0.3, -0.25) is 5.43 Å². The third kappa shape index (κ3) is 4.53. The molecule has 1 saturated heterocycles. The Morgan fingerprint density at radius 1 is 1.12 bits per heavy atom. The number of nitrogens with zero attached hydrogens (tertiary/aromatic N) is 4. The molecule has 2 aliphatic heterocycles. The van der Waals surface area contributed by atoms with Crippen molar-refractivity contribution in [2.75, 3.05) is 43.7 Å². The summed E-state index contributed by atoms with van der Waals surface area (Å²) in [5.74, 6) is -1.07. The lowest BCUT2D eigenvalue weighted by Crippen LogP contribution is -2.59. The number of nitrogens with one attached hydrogen (secondary N) is 3. The molecule has 0 spiro atoms. The number of nitrogens with two attached hydrogens (primary N) is 1. The van der Waals surface area contributed by atoms with Crippen LogP contribution in [0.5, 0.6) is 0 Å². The van der Waals surface area contributed by atoms with E-state index in [1.54, 1.807) is 18.2 Å². The predicted octanol–water partition coefficient (Wildman–Crippen LogP) is 0.318.